The van der Waals surface area contributed by atoms with E-state index in [2.05, 4.69) is 0 Å². The van der Waals surface area contributed by atoms with E-state index in [1.807, 2.05) is 66.7 Å². The van der Waals surface area contributed by atoms with Gasteiger partial charge in [-0.2, -0.15) is 0 Å². The third-order valence-corrected chi connectivity index (χ3v) is 4.88. The van der Waals surface area contributed by atoms with Crippen molar-refractivity contribution < 1.29 is 19.1 Å². The third kappa shape index (κ3) is 2.15. The molecule has 2 atom stereocenters. The van der Waals surface area contributed by atoms with Crippen LogP contribution in [0.3, 0.4) is 0 Å². The molecule has 0 bridgehead atoms. The molecule has 4 nitrogen and oxygen atoms in total. The standard InChI is InChI=1S/C22H14O4/c23-21-17-12-18-16(20(26-22(18)24)14-9-5-2-6-10-14)11-15(17)19(25-21)13-7-3-1-4-8-13/h1-12,19-20H. The van der Waals surface area contributed by atoms with Gasteiger partial charge in [0.1, 0.15) is 0 Å². The molecule has 126 valence electrons. The molecule has 26 heavy (non-hydrogen) atoms. The van der Waals surface area contributed by atoms with Gasteiger partial charge in [0.25, 0.3) is 0 Å². The normalized spacial score (nSPS) is 20.3. The molecule has 0 amide bonds. The molecule has 0 fully saturated rings. The maximum atomic E-state index is 12.3. The molecule has 3 aromatic rings. The first-order chi connectivity index (χ1) is 12.7. The molecule has 2 aliphatic heterocycles. The summed E-state index contributed by atoms with van der Waals surface area (Å²) in [5.74, 6) is -0.819. The summed E-state index contributed by atoms with van der Waals surface area (Å²) in [6.45, 7) is 0. The SMILES string of the molecule is O=C1OC(c2ccccc2)c2cc3c(cc21)C(=O)OC3c1ccccc1. The number of carbonyl (C=O) groups excluding carboxylic acids is 2. The van der Waals surface area contributed by atoms with Crippen LogP contribution in [0.15, 0.2) is 72.8 Å². The van der Waals surface area contributed by atoms with Crippen molar-refractivity contribution in [1.82, 2.24) is 0 Å². The number of benzene rings is 3. The van der Waals surface area contributed by atoms with Crippen molar-refractivity contribution in [2.45, 2.75) is 12.2 Å². The third-order valence-electron chi connectivity index (χ3n) is 4.88. The van der Waals surface area contributed by atoms with Crippen molar-refractivity contribution in [2.75, 3.05) is 0 Å². The number of ether oxygens (including phenoxy) is 2. The highest BCUT2D eigenvalue weighted by Crippen LogP contribution is 2.43. The highest BCUT2D eigenvalue weighted by atomic mass is 16.6. The smallest absolute Gasteiger partial charge is 0.339 e. The Kier molecular flexibility index (Phi) is 3.19. The number of carbonyl (C=O) groups is 2. The Morgan fingerprint density at radius 2 is 1.00 bits per heavy atom. The summed E-state index contributed by atoms with van der Waals surface area (Å²) in [4.78, 5) is 24.7. The highest BCUT2D eigenvalue weighted by Gasteiger charge is 2.39. The fraction of sp³-hybridized carbons (Fsp3) is 0.0909. The zero-order valence-electron chi connectivity index (χ0n) is 13.7. The maximum absolute atomic E-state index is 12.3. The second kappa shape index (κ2) is 5.56. The molecule has 0 aromatic heterocycles. The number of cyclic esters (lactones) is 2. The molecular weight excluding hydrogens is 328 g/mol. The number of rotatable bonds is 2. The Balaban J connectivity index is 1.66. The molecule has 2 heterocycles. The molecule has 0 radical (unpaired) electrons. The van der Waals surface area contributed by atoms with E-state index in [-0.39, 0.29) is 0 Å². The summed E-state index contributed by atoms with van der Waals surface area (Å²) in [6.07, 6.45) is -0.924. The van der Waals surface area contributed by atoms with Gasteiger partial charge in [0, 0.05) is 11.1 Å². The maximum Gasteiger partial charge on any atom is 0.339 e. The van der Waals surface area contributed by atoms with E-state index in [9.17, 15) is 9.59 Å². The molecule has 2 unspecified atom stereocenters. The molecule has 0 saturated carbocycles. The Bertz CT molecular complexity index is 944. The molecule has 4 heteroatoms. The highest BCUT2D eigenvalue weighted by molar-refractivity contribution is 6.01. The van der Waals surface area contributed by atoms with Gasteiger partial charge in [-0.15, -0.1) is 0 Å². The van der Waals surface area contributed by atoms with E-state index in [4.69, 9.17) is 9.47 Å². The fourth-order valence-corrected chi connectivity index (χ4v) is 3.64. The van der Waals surface area contributed by atoms with Crippen molar-refractivity contribution in [3.8, 4) is 0 Å². The van der Waals surface area contributed by atoms with Crippen LogP contribution in [0.4, 0.5) is 0 Å². The number of fused-ring (bicyclic) bond motifs is 2. The largest absolute Gasteiger partial charge is 0.449 e. The van der Waals surface area contributed by atoms with E-state index in [1.165, 1.54) is 0 Å². The van der Waals surface area contributed by atoms with Crippen LogP contribution in [0.5, 0.6) is 0 Å². The predicted octanol–water partition coefficient (Wildman–Crippen LogP) is 4.21. The number of hydrogen-bond donors (Lipinski definition) is 0. The fourth-order valence-electron chi connectivity index (χ4n) is 3.64. The number of hydrogen-bond acceptors (Lipinski definition) is 4. The summed E-state index contributed by atoms with van der Waals surface area (Å²) >= 11 is 0. The Hall–Kier alpha value is -3.40. The predicted molar refractivity (Wildman–Crippen MR) is 93.8 cm³/mol. The lowest BCUT2D eigenvalue weighted by Crippen LogP contribution is -2.02. The average Bonchev–Trinajstić information content (AvgIpc) is 3.19. The summed E-state index contributed by atoms with van der Waals surface area (Å²) in [7, 11) is 0. The van der Waals surface area contributed by atoms with Gasteiger partial charge in [0.15, 0.2) is 12.2 Å². The van der Waals surface area contributed by atoms with Crippen molar-refractivity contribution >= 4 is 11.9 Å². The quantitative estimate of drug-likeness (QED) is 0.655. The van der Waals surface area contributed by atoms with Crippen LogP contribution in [-0.2, 0) is 9.47 Å². The van der Waals surface area contributed by atoms with Crippen LogP contribution in [-0.4, -0.2) is 11.9 Å². The first-order valence-corrected chi connectivity index (χ1v) is 8.42. The van der Waals surface area contributed by atoms with E-state index >= 15 is 0 Å². The van der Waals surface area contributed by atoms with Crippen LogP contribution in [0.1, 0.15) is 55.2 Å². The van der Waals surface area contributed by atoms with Gasteiger partial charge >= 0.3 is 11.9 Å². The molecule has 2 aliphatic rings. The van der Waals surface area contributed by atoms with E-state index in [0.29, 0.717) is 11.1 Å². The Morgan fingerprint density at radius 1 is 0.577 bits per heavy atom. The van der Waals surface area contributed by atoms with Crippen LogP contribution in [0.25, 0.3) is 0 Å². The Labute approximate surface area is 150 Å². The lowest BCUT2D eigenvalue weighted by Gasteiger charge is -2.14. The van der Waals surface area contributed by atoms with Crippen molar-refractivity contribution in [1.29, 1.82) is 0 Å². The first kappa shape index (κ1) is 14.9. The van der Waals surface area contributed by atoms with Gasteiger partial charge in [-0.3, -0.25) is 0 Å². The van der Waals surface area contributed by atoms with Crippen molar-refractivity contribution in [3.63, 3.8) is 0 Å². The molecular formula is C22H14O4. The second-order valence-electron chi connectivity index (χ2n) is 6.42. The van der Waals surface area contributed by atoms with E-state index < -0.39 is 24.1 Å². The van der Waals surface area contributed by atoms with Crippen LogP contribution >= 0.6 is 0 Å². The van der Waals surface area contributed by atoms with Gasteiger partial charge in [0.05, 0.1) is 11.1 Å². The zero-order chi connectivity index (χ0) is 17.7. The Morgan fingerprint density at radius 3 is 1.42 bits per heavy atom. The molecule has 0 N–H and O–H groups in total. The minimum Gasteiger partial charge on any atom is -0.449 e. The van der Waals surface area contributed by atoms with Gasteiger partial charge in [-0.25, -0.2) is 9.59 Å². The van der Waals surface area contributed by atoms with Crippen molar-refractivity contribution in [2.24, 2.45) is 0 Å². The van der Waals surface area contributed by atoms with Gasteiger partial charge in [-0.05, 0) is 23.3 Å². The van der Waals surface area contributed by atoms with Gasteiger partial charge < -0.3 is 9.47 Å². The summed E-state index contributed by atoms with van der Waals surface area (Å²) in [6, 6.07) is 22.7. The lowest BCUT2D eigenvalue weighted by atomic mass is 9.91. The number of esters is 2. The van der Waals surface area contributed by atoms with Gasteiger partial charge in [0.2, 0.25) is 0 Å². The molecule has 0 aliphatic carbocycles. The molecule has 0 saturated heterocycles. The summed E-state index contributed by atoms with van der Waals surface area (Å²) in [5, 5.41) is 0. The summed E-state index contributed by atoms with van der Waals surface area (Å²) in [5.41, 5.74) is 4.23. The first-order valence-electron chi connectivity index (χ1n) is 8.42. The summed E-state index contributed by atoms with van der Waals surface area (Å²) < 4.78 is 11.2. The van der Waals surface area contributed by atoms with Gasteiger partial charge in [-0.1, -0.05) is 60.7 Å². The lowest BCUT2D eigenvalue weighted by molar-refractivity contribution is 0.0454. The average molecular weight is 342 g/mol. The molecule has 0 spiro atoms. The van der Waals surface area contributed by atoms with E-state index in [1.54, 1.807) is 6.07 Å². The van der Waals surface area contributed by atoms with Crippen LogP contribution in [0.2, 0.25) is 0 Å². The minimum atomic E-state index is -0.462. The van der Waals surface area contributed by atoms with E-state index in [0.717, 1.165) is 22.3 Å². The molecule has 5 rings (SSSR count). The topological polar surface area (TPSA) is 52.6 Å². The second-order valence-corrected chi connectivity index (χ2v) is 6.42. The van der Waals surface area contributed by atoms with Crippen molar-refractivity contribution in [3.05, 3.63) is 106 Å². The minimum absolute atomic E-state index is 0.410. The monoisotopic (exact) mass is 342 g/mol. The van der Waals surface area contributed by atoms with Crippen LogP contribution in [0, 0.1) is 0 Å². The molecule has 3 aromatic carbocycles. The zero-order valence-corrected chi connectivity index (χ0v) is 13.7. The van der Waals surface area contributed by atoms with Crippen LogP contribution < -0.4 is 0 Å².